The quantitative estimate of drug-likeness (QED) is 0.191. The Hall–Kier alpha value is -3.17. The van der Waals surface area contributed by atoms with E-state index in [4.69, 9.17) is 21.1 Å². The molecule has 1 atom stereocenters. The van der Waals surface area contributed by atoms with E-state index in [9.17, 15) is 9.59 Å². The topological polar surface area (TPSA) is 94.5 Å². The number of carbonyl (C=O) groups excluding carboxylic acids is 2. The number of fused-ring (bicyclic) bond motifs is 3. The van der Waals surface area contributed by atoms with Gasteiger partial charge in [0.1, 0.15) is 5.75 Å². The molecule has 0 bridgehead atoms. The van der Waals surface area contributed by atoms with Gasteiger partial charge in [-0.3, -0.25) is 14.5 Å². The van der Waals surface area contributed by atoms with Gasteiger partial charge < -0.3 is 9.47 Å². The van der Waals surface area contributed by atoms with E-state index in [0.29, 0.717) is 27.7 Å². The summed E-state index contributed by atoms with van der Waals surface area (Å²) in [5.74, 6) is 0.639. The summed E-state index contributed by atoms with van der Waals surface area (Å²) in [7, 11) is 0. The van der Waals surface area contributed by atoms with Crippen molar-refractivity contribution in [1.82, 2.24) is 15.2 Å². The summed E-state index contributed by atoms with van der Waals surface area (Å²) in [6.45, 7) is 4.88. The number of esters is 1. The molecule has 0 aliphatic carbocycles. The van der Waals surface area contributed by atoms with E-state index in [1.54, 1.807) is 18.2 Å². The highest BCUT2D eigenvalue weighted by Gasteiger charge is 2.34. The summed E-state index contributed by atoms with van der Waals surface area (Å²) in [6, 6.07) is 12.3. The maximum absolute atomic E-state index is 12.9. The molecule has 0 saturated carbocycles. The summed E-state index contributed by atoms with van der Waals surface area (Å²) in [6.07, 6.45) is 1.21. The Morgan fingerprint density at radius 2 is 1.97 bits per heavy atom. The second kappa shape index (κ2) is 10.4. The molecule has 0 unspecified atom stereocenters. The zero-order valence-corrected chi connectivity index (χ0v) is 20.5. The fourth-order valence-corrected chi connectivity index (χ4v) is 4.64. The predicted molar refractivity (Wildman–Crippen MR) is 130 cm³/mol. The summed E-state index contributed by atoms with van der Waals surface area (Å²) in [5.41, 5.74) is 2.33. The minimum Gasteiger partial charge on any atom is -0.447 e. The smallest absolute Gasteiger partial charge is 0.308 e. The molecule has 34 heavy (non-hydrogen) atoms. The van der Waals surface area contributed by atoms with Crippen molar-refractivity contribution in [3.05, 3.63) is 53.1 Å². The van der Waals surface area contributed by atoms with Crippen LogP contribution >= 0.6 is 23.4 Å². The highest BCUT2D eigenvalue weighted by molar-refractivity contribution is 7.99. The second-order valence-corrected chi connectivity index (χ2v) is 9.08. The third-order valence-electron chi connectivity index (χ3n) is 5.07. The van der Waals surface area contributed by atoms with Crippen molar-refractivity contribution < 1.29 is 19.1 Å². The Morgan fingerprint density at radius 3 is 2.68 bits per heavy atom. The molecule has 3 aromatic rings. The van der Waals surface area contributed by atoms with Gasteiger partial charge in [0, 0.05) is 30.7 Å². The van der Waals surface area contributed by atoms with E-state index in [0.717, 1.165) is 18.6 Å². The molecule has 1 amide bonds. The van der Waals surface area contributed by atoms with Crippen LogP contribution in [-0.2, 0) is 9.59 Å². The number of rotatable bonds is 6. The molecule has 4 rings (SSSR count). The number of anilines is 1. The van der Waals surface area contributed by atoms with E-state index >= 15 is 0 Å². The van der Waals surface area contributed by atoms with Crippen LogP contribution in [0.2, 0.25) is 5.02 Å². The number of amides is 1. The lowest BCUT2D eigenvalue weighted by atomic mass is 10.1. The van der Waals surface area contributed by atoms with E-state index in [1.807, 2.05) is 24.3 Å². The first-order chi connectivity index (χ1) is 16.4. The first kappa shape index (κ1) is 24.0. The van der Waals surface area contributed by atoms with Crippen molar-refractivity contribution in [1.29, 1.82) is 0 Å². The zero-order chi connectivity index (χ0) is 24.2. The second-order valence-electron chi connectivity index (χ2n) is 7.61. The van der Waals surface area contributed by atoms with Gasteiger partial charge in [0.05, 0.1) is 10.7 Å². The first-order valence-corrected chi connectivity index (χ1v) is 12.2. The van der Waals surface area contributed by atoms with Gasteiger partial charge in [0.15, 0.2) is 5.69 Å². The average molecular weight is 499 g/mol. The lowest BCUT2D eigenvalue weighted by molar-refractivity contribution is -0.131. The van der Waals surface area contributed by atoms with Crippen LogP contribution in [0.5, 0.6) is 11.6 Å². The largest absolute Gasteiger partial charge is 0.447 e. The van der Waals surface area contributed by atoms with Crippen molar-refractivity contribution in [3.8, 4) is 22.9 Å². The van der Waals surface area contributed by atoms with Gasteiger partial charge in [-0.15, -0.1) is 10.2 Å². The van der Waals surface area contributed by atoms with Crippen LogP contribution < -0.4 is 14.4 Å². The van der Waals surface area contributed by atoms with Crippen LogP contribution in [0.1, 0.15) is 45.4 Å². The van der Waals surface area contributed by atoms with Gasteiger partial charge in [-0.25, -0.2) is 0 Å². The standard InChI is InChI=1S/C24H23ClN4O4S/c1-4-5-12-34-24-26-22-21(27-28-24)17-8-6-7-9-19(17)29(14(2)30)23(33-22)16-10-11-20(18(25)13-16)32-15(3)31/h6-11,13,23H,4-5,12H2,1-3H3/t23-/m0/s1. The number of unbranched alkanes of at least 4 members (excludes halogenated alkanes) is 1. The third-order valence-corrected chi connectivity index (χ3v) is 6.29. The minimum absolute atomic E-state index is 0.217. The number of thioether (sulfide) groups is 1. The van der Waals surface area contributed by atoms with Crippen molar-refractivity contribution in [2.75, 3.05) is 10.7 Å². The average Bonchev–Trinajstić information content (AvgIpc) is 2.94. The van der Waals surface area contributed by atoms with Crippen LogP contribution in [0.3, 0.4) is 0 Å². The number of carbonyl (C=O) groups is 2. The molecule has 0 N–H and O–H groups in total. The molecule has 10 heteroatoms. The maximum atomic E-state index is 12.9. The molecule has 176 valence electrons. The number of para-hydroxylation sites is 1. The number of aromatic nitrogens is 3. The molecule has 2 aromatic carbocycles. The SMILES string of the molecule is CCCCSc1nnc2c(n1)O[C@@H](c1ccc(OC(C)=O)c(Cl)c1)N(C(C)=O)c1ccccc1-2. The fourth-order valence-electron chi connectivity index (χ4n) is 3.55. The molecular weight excluding hydrogens is 476 g/mol. The minimum atomic E-state index is -0.881. The summed E-state index contributed by atoms with van der Waals surface area (Å²) >= 11 is 7.89. The van der Waals surface area contributed by atoms with Gasteiger partial charge in [-0.2, -0.15) is 4.98 Å². The van der Waals surface area contributed by atoms with Gasteiger partial charge in [0.25, 0.3) is 0 Å². The number of benzene rings is 2. The normalized spacial score (nSPS) is 14.5. The Morgan fingerprint density at radius 1 is 1.18 bits per heavy atom. The highest BCUT2D eigenvalue weighted by atomic mass is 35.5. The number of hydrogen-bond acceptors (Lipinski definition) is 8. The van der Waals surface area contributed by atoms with E-state index in [1.165, 1.54) is 30.5 Å². The summed E-state index contributed by atoms with van der Waals surface area (Å²) in [4.78, 5) is 30.4. The molecule has 8 nitrogen and oxygen atoms in total. The lowest BCUT2D eigenvalue weighted by Gasteiger charge is -2.30. The van der Waals surface area contributed by atoms with E-state index in [2.05, 4.69) is 22.1 Å². The predicted octanol–water partition coefficient (Wildman–Crippen LogP) is 5.45. The van der Waals surface area contributed by atoms with Crippen LogP contribution in [0, 0.1) is 0 Å². The molecule has 1 aromatic heterocycles. The number of ether oxygens (including phenoxy) is 2. The molecular formula is C24H23ClN4O4S. The van der Waals surface area contributed by atoms with E-state index in [-0.39, 0.29) is 22.6 Å². The Labute approximate surface area is 206 Å². The fraction of sp³-hybridized carbons (Fsp3) is 0.292. The van der Waals surface area contributed by atoms with Crippen molar-refractivity contribution >= 4 is 40.9 Å². The first-order valence-electron chi connectivity index (χ1n) is 10.8. The number of hydrogen-bond donors (Lipinski definition) is 0. The van der Waals surface area contributed by atoms with Crippen molar-refractivity contribution in [2.24, 2.45) is 0 Å². The van der Waals surface area contributed by atoms with Crippen LogP contribution in [0.4, 0.5) is 5.69 Å². The highest BCUT2D eigenvalue weighted by Crippen LogP contribution is 2.44. The number of nitrogens with zero attached hydrogens (tertiary/aromatic N) is 4. The summed E-state index contributed by atoms with van der Waals surface area (Å²) in [5, 5.41) is 9.40. The number of halogens is 1. The summed E-state index contributed by atoms with van der Waals surface area (Å²) < 4.78 is 11.5. The van der Waals surface area contributed by atoms with Crippen molar-refractivity contribution in [2.45, 2.75) is 45.0 Å². The van der Waals surface area contributed by atoms with Crippen LogP contribution in [0.15, 0.2) is 47.6 Å². The molecule has 0 spiro atoms. The molecule has 1 aliphatic heterocycles. The van der Waals surface area contributed by atoms with E-state index < -0.39 is 12.2 Å². The Kier molecular flexibility index (Phi) is 7.33. The van der Waals surface area contributed by atoms with Crippen molar-refractivity contribution in [3.63, 3.8) is 0 Å². The maximum Gasteiger partial charge on any atom is 0.308 e. The zero-order valence-electron chi connectivity index (χ0n) is 18.9. The monoisotopic (exact) mass is 498 g/mol. The van der Waals surface area contributed by atoms with Gasteiger partial charge in [0.2, 0.25) is 23.2 Å². The molecule has 1 aliphatic rings. The molecule has 0 radical (unpaired) electrons. The molecule has 0 fully saturated rings. The molecule has 0 saturated heterocycles. The van der Waals surface area contributed by atoms with Gasteiger partial charge >= 0.3 is 5.97 Å². The van der Waals surface area contributed by atoms with Gasteiger partial charge in [-0.1, -0.05) is 54.9 Å². The van der Waals surface area contributed by atoms with Crippen LogP contribution in [-0.4, -0.2) is 32.8 Å². The third kappa shape index (κ3) is 5.00. The molecule has 2 heterocycles. The lowest BCUT2D eigenvalue weighted by Crippen LogP contribution is -2.36. The van der Waals surface area contributed by atoms with Gasteiger partial charge in [-0.05, 0) is 30.7 Å². The Balaban J connectivity index is 1.83. The Bertz CT molecular complexity index is 1240. The van der Waals surface area contributed by atoms with Crippen LogP contribution in [0.25, 0.3) is 11.3 Å².